The van der Waals surface area contributed by atoms with Crippen LogP contribution in [0.25, 0.3) is 0 Å². The molecule has 1 saturated heterocycles. The molecule has 0 amide bonds. The molecular weight excluding hydrogens is 141 g/mol. The molecule has 4 nitrogen and oxygen atoms in total. The number of rotatable bonds is 1. The van der Waals surface area contributed by atoms with Crippen molar-refractivity contribution in [2.45, 2.75) is 6.29 Å². The molecule has 1 fully saturated rings. The first-order valence-corrected chi connectivity index (χ1v) is 3.14. The fourth-order valence-electron chi connectivity index (χ4n) is 0.764. The van der Waals surface area contributed by atoms with Crippen LogP contribution in [0.5, 0.6) is 0 Å². The maximum Gasteiger partial charge on any atom is 1.00 e. The van der Waals surface area contributed by atoms with Crippen LogP contribution in [0.1, 0.15) is 0 Å². The van der Waals surface area contributed by atoms with Crippen LogP contribution in [0.4, 0.5) is 0 Å². The molecule has 1 heterocycles. The third-order valence-corrected chi connectivity index (χ3v) is 1.16. The minimum Gasteiger partial charge on any atom is -0.458 e. The number of ether oxygens (including phenoxy) is 2. The SMILES string of the molecule is [CH2-]C(=O)OC1CNCCO1.[Li+]. The molecule has 0 aromatic carbocycles. The predicted octanol–water partition coefficient (Wildman–Crippen LogP) is -3.69. The van der Waals surface area contributed by atoms with Gasteiger partial charge in [-0.1, -0.05) is 0 Å². The first-order valence-electron chi connectivity index (χ1n) is 3.14. The van der Waals surface area contributed by atoms with Gasteiger partial charge < -0.3 is 14.8 Å². The molecule has 58 valence electrons. The molecule has 0 aliphatic carbocycles. The van der Waals surface area contributed by atoms with E-state index in [-0.39, 0.29) is 18.9 Å². The summed E-state index contributed by atoms with van der Waals surface area (Å²) in [5.74, 6) is -0.547. The van der Waals surface area contributed by atoms with Crippen molar-refractivity contribution >= 4 is 5.97 Å². The van der Waals surface area contributed by atoms with Crippen molar-refractivity contribution in [3.63, 3.8) is 0 Å². The van der Waals surface area contributed by atoms with Crippen LogP contribution < -0.4 is 24.2 Å². The summed E-state index contributed by atoms with van der Waals surface area (Å²) in [6.07, 6.45) is -0.446. The zero-order chi connectivity index (χ0) is 7.40. The predicted molar refractivity (Wildman–Crippen MR) is 34.1 cm³/mol. The van der Waals surface area contributed by atoms with E-state index in [4.69, 9.17) is 4.74 Å². The molecular formula is C6H10LiNO3. The molecule has 1 atom stereocenters. The van der Waals surface area contributed by atoms with Crippen molar-refractivity contribution in [2.75, 3.05) is 19.7 Å². The third-order valence-electron chi connectivity index (χ3n) is 1.16. The van der Waals surface area contributed by atoms with Gasteiger partial charge in [-0.3, -0.25) is 11.7 Å². The molecule has 0 radical (unpaired) electrons. The topological polar surface area (TPSA) is 47.6 Å². The van der Waals surface area contributed by atoms with Gasteiger partial charge in [-0.2, -0.15) is 0 Å². The Labute approximate surface area is 77.8 Å². The van der Waals surface area contributed by atoms with Gasteiger partial charge in [-0.05, 0) is 0 Å². The number of morpholine rings is 1. The van der Waals surface area contributed by atoms with Crippen LogP contribution in [0.3, 0.4) is 0 Å². The maximum absolute atomic E-state index is 10.3. The number of carbonyl (C=O) groups excluding carboxylic acids is 1. The van der Waals surface area contributed by atoms with Gasteiger partial charge in [0.2, 0.25) is 6.29 Å². The number of hydrogen-bond acceptors (Lipinski definition) is 4. The number of esters is 1. The van der Waals surface area contributed by atoms with Crippen molar-refractivity contribution in [3.8, 4) is 0 Å². The Morgan fingerprint density at radius 1 is 1.73 bits per heavy atom. The van der Waals surface area contributed by atoms with Gasteiger partial charge >= 0.3 is 18.9 Å². The first kappa shape index (κ1) is 10.9. The van der Waals surface area contributed by atoms with Crippen molar-refractivity contribution in [2.24, 2.45) is 0 Å². The summed E-state index contributed by atoms with van der Waals surface area (Å²) in [6.45, 7) is 5.01. The van der Waals surface area contributed by atoms with Crippen LogP contribution in [0.2, 0.25) is 0 Å². The molecule has 1 aliphatic rings. The van der Waals surface area contributed by atoms with Crippen LogP contribution in [0.15, 0.2) is 0 Å². The second-order valence-corrected chi connectivity index (χ2v) is 1.99. The Balaban J connectivity index is 0.000001000. The summed E-state index contributed by atoms with van der Waals surface area (Å²) < 4.78 is 9.70. The summed E-state index contributed by atoms with van der Waals surface area (Å²) >= 11 is 0. The quantitative estimate of drug-likeness (QED) is 0.238. The van der Waals surface area contributed by atoms with E-state index >= 15 is 0 Å². The van der Waals surface area contributed by atoms with E-state index in [0.717, 1.165) is 6.54 Å². The molecule has 0 aromatic heterocycles. The molecule has 5 heteroatoms. The second-order valence-electron chi connectivity index (χ2n) is 1.99. The van der Waals surface area contributed by atoms with Gasteiger partial charge in [-0.15, -0.1) is 0 Å². The van der Waals surface area contributed by atoms with Crippen molar-refractivity contribution in [1.29, 1.82) is 0 Å². The summed E-state index contributed by atoms with van der Waals surface area (Å²) in [5.41, 5.74) is 0. The molecule has 1 aliphatic heterocycles. The van der Waals surface area contributed by atoms with Crippen LogP contribution in [0, 0.1) is 6.92 Å². The minimum absolute atomic E-state index is 0. The zero-order valence-electron chi connectivity index (χ0n) is 6.63. The standard InChI is InChI=1S/C6H10NO3.Li/c1-5(8)10-6-4-7-2-3-9-6;/h6-7H,1-4H2;/q-1;+1. The van der Waals surface area contributed by atoms with E-state index in [1.165, 1.54) is 0 Å². The number of carbonyl (C=O) groups is 1. The smallest absolute Gasteiger partial charge is 0.458 e. The molecule has 1 rings (SSSR count). The molecule has 11 heavy (non-hydrogen) atoms. The second kappa shape index (κ2) is 5.50. The maximum atomic E-state index is 10.3. The van der Waals surface area contributed by atoms with E-state index in [1.807, 2.05) is 0 Å². The Bertz CT molecular complexity index is 125. The summed E-state index contributed by atoms with van der Waals surface area (Å²) in [7, 11) is 0. The first-order chi connectivity index (χ1) is 4.79. The van der Waals surface area contributed by atoms with Crippen LogP contribution in [-0.2, 0) is 14.3 Å². The summed E-state index contributed by atoms with van der Waals surface area (Å²) in [6, 6.07) is 0. The molecule has 0 bridgehead atoms. The van der Waals surface area contributed by atoms with Crippen molar-refractivity contribution < 1.29 is 33.1 Å². The summed E-state index contributed by atoms with van der Waals surface area (Å²) in [4.78, 5) is 10.3. The van der Waals surface area contributed by atoms with Gasteiger partial charge in [0.25, 0.3) is 0 Å². The average Bonchev–Trinajstić information content (AvgIpc) is 1.88. The third kappa shape index (κ3) is 4.33. The fourth-order valence-corrected chi connectivity index (χ4v) is 0.764. The summed E-state index contributed by atoms with van der Waals surface area (Å²) in [5, 5.41) is 3.01. The van der Waals surface area contributed by atoms with Crippen LogP contribution in [-0.4, -0.2) is 32.0 Å². The number of nitrogens with one attached hydrogen (secondary N) is 1. The van der Waals surface area contributed by atoms with Crippen molar-refractivity contribution in [1.82, 2.24) is 5.32 Å². The largest absolute Gasteiger partial charge is 1.00 e. The van der Waals surface area contributed by atoms with E-state index in [2.05, 4.69) is 17.0 Å². The molecule has 1 N–H and O–H groups in total. The van der Waals surface area contributed by atoms with E-state index in [9.17, 15) is 4.79 Å². The normalized spacial score (nSPS) is 23.5. The van der Waals surface area contributed by atoms with Crippen molar-refractivity contribution in [3.05, 3.63) is 6.92 Å². The van der Waals surface area contributed by atoms with E-state index in [0.29, 0.717) is 13.2 Å². The van der Waals surface area contributed by atoms with E-state index in [1.54, 1.807) is 0 Å². The van der Waals surface area contributed by atoms with Crippen LogP contribution >= 0.6 is 0 Å². The van der Waals surface area contributed by atoms with Gasteiger partial charge in [0, 0.05) is 6.54 Å². The van der Waals surface area contributed by atoms with E-state index < -0.39 is 12.3 Å². The van der Waals surface area contributed by atoms with Gasteiger partial charge in [0.15, 0.2) is 5.97 Å². The average molecular weight is 151 g/mol. The molecule has 0 saturated carbocycles. The zero-order valence-corrected chi connectivity index (χ0v) is 6.63. The monoisotopic (exact) mass is 151 g/mol. The fraction of sp³-hybridized carbons (Fsp3) is 0.667. The Morgan fingerprint density at radius 3 is 2.91 bits per heavy atom. The molecule has 1 unspecified atom stereocenters. The Kier molecular flexibility index (Phi) is 5.43. The Morgan fingerprint density at radius 2 is 2.45 bits per heavy atom. The van der Waals surface area contributed by atoms with Gasteiger partial charge in [0.05, 0.1) is 13.2 Å². The minimum atomic E-state index is -0.547. The Hall–Kier alpha value is -0.143. The van der Waals surface area contributed by atoms with Gasteiger partial charge in [-0.25, -0.2) is 0 Å². The van der Waals surface area contributed by atoms with Gasteiger partial charge in [0.1, 0.15) is 0 Å². The molecule has 0 aromatic rings. The number of hydrogen-bond donors (Lipinski definition) is 1. The molecule has 0 spiro atoms.